The lowest BCUT2D eigenvalue weighted by molar-refractivity contribution is -0.378. The first-order chi connectivity index (χ1) is 38.8. The van der Waals surface area contributed by atoms with Crippen molar-refractivity contribution in [2.45, 2.75) is 260 Å². The number of esters is 1. The minimum absolute atomic E-state index is 0.00720. The predicted octanol–water partition coefficient (Wildman–Crippen LogP) is -2.18. The van der Waals surface area contributed by atoms with Gasteiger partial charge in [0.1, 0.15) is 111 Å². The number of fused-ring (bicyclic) bond motifs is 5. The summed E-state index contributed by atoms with van der Waals surface area (Å²) in [5.74, 6) is -3.27. The molecule has 4 heterocycles. The van der Waals surface area contributed by atoms with E-state index in [2.05, 4.69) is 40.7 Å². The lowest BCUT2D eigenvalue weighted by Gasteiger charge is -2.71. The molecule has 0 aromatic carbocycles. The standard InChI is InChI=1S/C57H94O26/c1-24(2)10-9-14-57(8,83-51-47(74)43(70)40(67)30(80-51)23-76-49-45(72)41(68)37(64)27(20-58)77-49)25-11-16-56(7)36(25)26(60)18-32-54(5)15-13-33(53(3,4)31(54)12-17-55(32,56)6)81-52-48(44(71)38(65)28(21-59)78-52)82-50-46(73)42(69)39(66)29(79-50)22-75-35(63)19-34(61)62/h10,25-33,36-52,58-60,64-74H,9,11-23H2,1-8H3,(H,61,62)/t25?,26-,27-,28-,29-,30-,31?,32?,33?,36?,37-,38-,39-,40-,41+,42+,43+,44+,45-,46-,47-,48-,49-,50+,51+,52+,54+,55-,56-,57+/m1/s1. The Morgan fingerprint density at radius 3 is 1.72 bits per heavy atom. The van der Waals surface area contributed by atoms with E-state index in [-0.39, 0.29) is 34.5 Å². The summed E-state index contributed by atoms with van der Waals surface area (Å²) >= 11 is 0. The zero-order valence-electron chi connectivity index (χ0n) is 48.7. The van der Waals surface area contributed by atoms with E-state index in [0.717, 1.165) is 24.8 Å². The normalized spacial score (nSPS) is 49.6. The van der Waals surface area contributed by atoms with E-state index in [1.807, 2.05) is 20.8 Å². The van der Waals surface area contributed by atoms with Crippen LogP contribution in [-0.2, 0) is 52.2 Å². The number of aliphatic hydroxyl groups is 14. The summed E-state index contributed by atoms with van der Waals surface area (Å²) in [7, 11) is 0. The van der Waals surface area contributed by atoms with Crippen LogP contribution in [0.3, 0.4) is 0 Å². The van der Waals surface area contributed by atoms with E-state index in [1.165, 1.54) is 0 Å². The van der Waals surface area contributed by atoms with Crippen molar-refractivity contribution < 1.29 is 129 Å². The van der Waals surface area contributed by atoms with Crippen LogP contribution in [0.5, 0.6) is 0 Å². The van der Waals surface area contributed by atoms with Gasteiger partial charge in [-0.1, -0.05) is 46.3 Å². The number of aliphatic carboxylic acids is 1. The molecule has 5 unspecified atom stereocenters. The quantitative estimate of drug-likeness (QED) is 0.0283. The first-order valence-electron chi connectivity index (χ1n) is 29.4. The molecule has 0 aromatic heterocycles. The van der Waals surface area contributed by atoms with Crippen LogP contribution in [0.15, 0.2) is 11.6 Å². The summed E-state index contributed by atoms with van der Waals surface area (Å²) in [5, 5.41) is 162. The van der Waals surface area contributed by atoms with Crippen LogP contribution in [-0.4, -0.2) is 256 Å². The number of rotatable bonds is 19. The highest BCUT2D eigenvalue weighted by Crippen LogP contribution is 2.76. The minimum Gasteiger partial charge on any atom is -0.481 e. The molecule has 4 saturated heterocycles. The molecule has 478 valence electrons. The van der Waals surface area contributed by atoms with Gasteiger partial charge in [0.05, 0.1) is 37.6 Å². The van der Waals surface area contributed by atoms with Crippen molar-refractivity contribution in [1.29, 1.82) is 0 Å². The van der Waals surface area contributed by atoms with Crippen molar-refractivity contribution in [1.82, 2.24) is 0 Å². The molecular formula is C57H94O26. The molecule has 0 amide bonds. The number of carbonyl (C=O) groups excluding carboxylic acids is 1. The maximum absolute atomic E-state index is 12.9. The van der Waals surface area contributed by atoms with Gasteiger partial charge in [-0.05, 0) is 124 Å². The first kappa shape index (κ1) is 66.7. The van der Waals surface area contributed by atoms with Crippen LogP contribution in [0.25, 0.3) is 0 Å². The molecule has 26 nitrogen and oxygen atoms in total. The Hall–Kier alpha value is -2.20. The largest absolute Gasteiger partial charge is 0.481 e. The van der Waals surface area contributed by atoms with Gasteiger partial charge in [-0.25, -0.2) is 0 Å². The van der Waals surface area contributed by atoms with Crippen molar-refractivity contribution in [2.75, 3.05) is 26.4 Å². The van der Waals surface area contributed by atoms with Gasteiger partial charge < -0.3 is 119 Å². The molecule has 83 heavy (non-hydrogen) atoms. The van der Waals surface area contributed by atoms with E-state index in [9.17, 15) is 81.1 Å². The van der Waals surface area contributed by atoms with Gasteiger partial charge >= 0.3 is 11.9 Å². The van der Waals surface area contributed by atoms with Gasteiger partial charge in [0.2, 0.25) is 0 Å². The number of ether oxygens (including phenoxy) is 9. The molecule has 0 bridgehead atoms. The first-order valence-corrected chi connectivity index (χ1v) is 29.4. The van der Waals surface area contributed by atoms with Crippen LogP contribution in [0.1, 0.15) is 120 Å². The summed E-state index contributed by atoms with van der Waals surface area (Å²) in [6, 6.07) is 0. The number of allylic oxidation sites excluding steroid dienone is 2. The Morgan fingerprint density at radius 2 is 1.12 bits per heavy atom. The third kappa shape index (κ3) is 12.5. The highest BCUT2D eigenvalue weighted by Gasteiger charge is 2.72. The van der Waals surface area contributed by atoms with E-state index in [4.69, 9.17) is 47.7 Å². The second-order valence-corrected chi connectivity index (χ2v) is 26.8. The van der Waals surface area contributed by atoms with Gasteiger partial charge in [0.25, 0.3) is 0 Å². The maximum atomic E-state index is 12.9. The van der Waals surface area contributed by atoms with Crippen LogP contribution in [0.2, 0.25) is 0 Å². The summed E-state index contributed by atoms with van der Waals surface area (Å²) < 4.78 is 54.1. The fourth-order valence-electron chi connectivity index (χ4n) is 16.6. The van der Waals surface area contributed by atoms with Crippen molar-refractivity contribution in [3.05, 3.63) is 11.6 Å². The molecule has 0 spiro atoms. The average Bonchev–Trinajstić information content (AvgIpc) is 1.74. The van der Waals surface area contributed by atoms with E-state index >= 15 is 0 Å². The molecule has 15 N–H and O–H groups in total. The summed E-state index contributed by atoms with van der Waals surface area (Å²) in [6.45, 7) is 14.3. The van der Waals surface area contributed by atoms with Crippen molar-refractivity contribution >= 4 is 11.9 Å². The van der Waals surface area contributed by atoms with E-state index in [1.54, 1.807) is 0 Å². The molecule has 4 aliphatic heterocycles. The van der Waals surface area contributed by atoms with Crippen LogP contribution >= 0.6 is 0 Å². The predicted molar refractivity (Wildman–Crippen MR) is 282 cm³/mol. The molecule has 4 saturated carbocycles. The number of carbonyl (C=O) groups is 2. The zero-order valence-corrected chi connectivity index (χ0v) is 48.7. The van der Waals surface area contributed by atoms with Gasteiger partial charge in [-0.3, -0.25) is 9.59 Å². The third-order valence-corrected chi connectivity index (χ3v) is 21.4. The lowest BCUT2D eigenvalue weighted by Crippen LogP contribution is -2.68. The van der Waals surface area contributed by atoms with Gasteiger partial charge in [-0.2, -0.15) is 0 Å². The molecule has 4 aliphatic carbocycles. The second-order valence-electron chi connectivity index (χ2n) is 26.8. The molecule has 26 heteroatoms. The molecule has 0 aromatic rings. The van der Waals surface area contributed by atoms with Crippen LogP contribution < -0.4 is 0 Å². The molecule has 8 fully saturated rings. The molecular weight excluding hydrogens is 1100 g/mol. The zero-order chi connectivity index (χ0) is 61.2. The van der Waals surface area contributed by atoms with Crippen LogP contribution in [0, 0.1) is 45.3 Å². The third-order valence-electron chi connectivity index (χ3n) is 21.4. The van der Waals surface area contributed by atoms with Crippen molar-refractivity contribution in [3.8, 4) is 0 Å². The Labute approximate surface area is 483 Å². The average molecular weight is 1200 g/mol. The summed E-state index contributed by atoms with van der Waals surface area (Å²) in [5.41, 5.74) is -1.83. The van der Waals surface area contributed by atoms with E-state index < -0.39 is 196 Å². The second kappa shape index (κ2) is 25.7. The fraction of sp³-hybridized carbons (Fsp3) is 0.930. The number of hydrogen-bond acceptors (Lipinski definition) is 25. The van der Waals surface area contributed by atoms with Crippen molar-refractivity contribution in [2.24, 2.45) is 45.3 Å². The number of aliphatic hydroxyl groups excluding tert-OH is 14. The minimum atomic E-state index is -1.95. The highest BCUT2D eigenvalue weighted by atomic mass is 16.8. The molecule has 0 radical (unpaired) electrons. The summed E-state index contributed by atoms with van der Waals surface area (Å²) in [4.78, 5) is 23.1. The Bertz CT molecular complexity index is 2240. The van der Waals surface area contributed by atoms with Crippen molar-refractivity contribution in [3.63, 3.8) is 0 Å². The topological polar surface area (TPSA) is 421 Å². The van der Waals surface area contributed by atoms with Gasteiger partial charge in [0, 0.05) is 0 Å². The lowest BCUT2D eigenvalue weighted by atomic mass is 9.35. The molecule has 8 rings (SSSR count). The Kier molecular flexibility index (Phi) is 20.7. The van der Waals surface area contributed by atoms with E-state index in [0.29, 0.717) is 38.5 Å². The highest BCUT2D eigenvalue weighted by molar-refractivity contribution is 5.90. The van der Waals surface area contributed by atoms with Gasteiger partial charge in [-0.15, -0.1) is 0 Å². The Balaban J connectivity index is 0.997. The number of hydrogen-bond donors (Lipinski definition) is 15. The smallest absolute Gasteiger partial charge is 0.317 e. The fourth-order valence-corrected chi connectivity index (χ4v) is 16.6. The SMILES string of the molecule is CC(C)=CCC[C@](C)(O[C@@H]1O[C@H](CO[C@@H]2O[C@H](CO)[C@@H](O)[C@H](O)[C@H]2O)[C@@H](O)[C@H](O)[C@H]1O)C1CC[C@]2(C)C1[C@H](O)CC1[C@@]3(C)CCC(O[C@@H]4O[C@H](CO)[C@@H](O)[C@H](O)[C@H]4O[C@@H]4O[C@H](COC(=O)CC(=O)O)[C@@H](O)[C@H](O)[C@H]4O)C(C)(C)C3CC[C@]12C. The van der Waals surface area contributed by atoms with Crippen LogP contribution in [0.4, 0.5) is 0 Å². The summed E-state index contributed by atoms with van der Waals surface area (Å²) in [6.07, 6.45) is -28.1. The molecule has 8 aliphatic rings. The van der Waals surface area contributed by atoms with Gasteiger partial charge in [0.15, 0.2) is 25.2 Å². The maximum Gasteiger partial charge on any atom is 0.317 e. The number of carboxylic acid groups (broad SMARTS) is 1. The number of carboxylic acids is 1. The molecule has 30 atom stereocenters. The monoisotopic (exact) mass is 1190 g/mol. The Morgan fingerprint density at radius 1 is 0.590 bits per heavy atom.